The van der Waals surface area contributed by atoms with Gasteiger partial charge in [0.2, 0.25) is 0 Å². The second kappa shape index (κ2) is 7.85. The lowest BCUT2D eigenvalue weighted by atomic mass is 10.1. The van der Waals surface area contributed by atoms with Gasteiger partial charge < -0.3 is 5.32 Å². The Morgan fingerprint density at radius 3 is 2.48 bits per heavy atom. The first-order chi connectivity index (χ1) is 14.8. The van der Waals surface area contributed by atoms with Crippen molar-refractivity contribution in [2.75, 3.05) is 5.32 Å². The zero-order valence-corrected chi connectivity index (χ0v) is 17.1. The van der Waals surface area contributed by atoms with Gasteiger partial charge in [0.05, 0.1) is 11.4 Å². The minimum absolute atomic E-state index is 0.0639. The fourth-order valence-corrected chi connectivity index (χ4v) is 3.46. The number of nitriles is 1. The third-order valence-corrected chi connectivity index (χ3v) is 4.87. The number of nitrogens with one attached hydrogen (secondary N) is 1. The molecule has 3 aromatic heterocycles. The van der Waals surface area contributed by atoms with Crippen LogP contribution in [0.5, 0.6) is 0 Å². The summed E-state index contributed by atoms with van der Waals surface area (Å²) in [4.78, 5) is 21.0. The van der Waals surface area contributed by atoms with Gasteiger partial charge in [0, 0.05) is 17.3 Å². The third-order valence-electron chi connectivity index (χ3n) is 4.44. The normalized spacial score (nSPS) is 11.3. The summed E-state index contributed by atoms with van der Waals surface area (Å²) in [5, 5.41) is 12.9. The van der Waals surface area contributed by atoms with Crippen LogP contribution in [-0.4, -0.2) is 14.5 Å². The van der Waals surface area contributed by atoms with Crippen LogP contribution in [0.3, 0.4) is 0 Å². The predicted octanol–water partition coefficient (Wildman–Crippen LogP) is 5.18. The average Bonchev–Trinajstić information content (AvgIpc) is 2.74. The van der Waals surface area contributed by atoms with Crippen molar-refractivity contribution in [1.82, 2.24) is 14.5 Å². The Hall–Kier alpha value is -3.71. The first-order valence-corrected chi connectivity index (χ1v) is 9.60. The zero-order valence-electron chi connectivity index (χ0n) is 15.5. The van der Waals surface area contributed by atoms with Gasteiger partial charge in [-0.1, -0.05) is 18.2 Å². The standard InChI is InChI=1S/C21H11BrF3N5O/c22-17-10-12(8-9-27-17)28-18-14-6-7-16(21(23,24)25)29-19(14)30(20(31)15(18)11-26)13-4-2-1-3-5-13/h1-10H,(H,27,28). The molecule has 0 radical (unpaired) electrons. The largest absolute Gasteiger partial charge is 0.433 e. The smallest absolute Gasteiger partial charge is 0.354 e. The maximum Gasteiger partial charge on any atom is 0.433 e. The minimum Gasteiger partial charge on any atom is -0.354 e. The Kier molecular flexibility index (Phi) is 5.20. The molecule has 6 nitrogen and oxygen atoms in total. The van der Waals surface area contributed by atoms with Gasteiger partial charge in [0.1, 0.15) is 27.6 Å². The van der Waals surface area contributed by atoms with Crippen LogP contribution in [-0.2, 0) is 6.18 Å². The van der Waals surface area contributed by atoms with Crippen molar-refractivity contribution in [2.24, 2.45) is 0 Å². The van der Waals surface area contributed by atoms with Crippen LogP contribution < -0.4 is 10.9 Å². The molecule has 0 aliphatic heterocycles. The van der Waals surface area contributed by atoms with Crippen LogP contribution in [0.25, 0.3) is 16.7 Å². The Bertz CT molecular complexity index is 1390. The number of benzene rings is 1. The fourth-order valence-electron chi connectivity index (χ4n) is 3.10. The van der Waals surface area contributed by atoms with E-state index in [1.165, 1.54) is 12.3 Å². The van der Waals surface area contributed by atoms with Crippen LogP contribution in [0, 0.1) is 11.3 Å². The molecule has 10 heteroatoms. The highest BCUT2D eigenvalue weighted by Gasteiger charge is 2.33. The number of hydrogen-bond acceptors (Lipinski definition) is 5. The zero-order chi connectivity index (χ0) is 22.2. The summed E-state index contributed by atoms with van der Waals surface area (Å²) in [7, 11) is 0. The van der Waals surface area contributed by atoms with E-state index in [-0.39, 0.29) is 22.3 Å². The van der Waals surface area contributed by atoms with E-state index >= 15 is 0 Å². The van der Waals surface area contributed by atoms with E-state index in [9.17, 15) is 23.2 Å². The molecule has 1 N–H and O–H groups in total. The first-order valence-electron chi connectivity index (χ1n) is 8.80. The number of rotatable bonds is 3. The van der Waals surface area contributed by atoms with Crippen molar-refractivity contribution in [3.05, 3.63) is 87.0 Å². The molecule has 0 aliphatic rings. The summed E-state index contributed by atoms with van der Waals surface area (Å²) in [6.07, 6.45) is -3.21. The van der Waals surface area contributed by atoms with Crippen molar-refractivity contribution >= 4 is 38.3 Å². The minimum atomic E-state index is -4.71. The highest BCUT2D eigenvalue weighted by molar-refractivity contribution is 9.10. The van der Waals surface area contributed by atoms with Crippen molar-refractivity contribution < 1.29 is 13.2 Å². The summed E-state index contributed by atoms with van der Waals surface area (Å²) in [5.41, 5.74) is -1.58. The molecule has 0 atom stereocenters. The van der Waals surface area contributed by atoms with Crippen LogP contribution >= 0.6 is 15.9 Å². The summed E-state index contributed by atoms with van der Waals surface area (Å²) in [5.74, 6) is 0. The quantitative estimate of drug-likeness (QED) is 0.404. The van der Waals surface area contributed by atoms with Crippen molar-refractivity contribution in [2.45, 2.75) is 6.18 Å². The number of anilines is 2. The summed E-state index contributed by atoms with van der Waals surface area (Å²) < 4.78 is 41.6. The van der Waals surface area contributed by atoms with Gasteiger partial charge in [-0.25, -0.2) is 9.97 Å². The van der Waals surface area contributed by atoms with Crippen molar-refractivity contribution in [3.8, 4) is 11.8 Å². The van der Waals surface area contributed by atoms with Crippen molar-refractivity contribution in [1.29, 1.82) is 5.26 Å². The van der Waals surface area contributed by atoms with Crippen LogP contribution in [0.2, 0.25) is 0 Å². The van der Waals surface area contributed by atoms with Crippen LogP contribution in [0.15, 0.2) is 70.2 Å². The molecule has 0 spiro atoms. The van der Waals surface area contributed by atoms with Gasteiger partial charge in [-0.15, -0.1) is 0 Å². The van der Waals surface area contributed by atoms with E-state index in [0.717, 1.165) is 10.6 Å². The topological polar surface area (TPSA) is 83.6 Å². The highest BCUT2D eigenvalue weighted by atomic mass is 79.9. The first kappa shape index (κ1) is 20.6. The molecule has 3 heterocycles. The van der Waals surface area contributed by atoms with Gasteiger partial charge in [-0.05, 0) is 52.3 Å². The van der Waals surface area contributed by atoms with Crippen molar-refractivity contribution in [3.63, 3.8) is 0 Å². The molecule has 4 aromatic rings. The number of hydrogen-bond donors (Lipinski definition) is 1. The van der Waals surface area contributed by atoms with E-state index in [1.54, 1.807) is 42.5 Å². The van der Waals surface area contributed by atoms with E-state index < -0.39 is 17.4 Å². The Balaban J connectivity index is 2.09. The molecule has 0 aliphatic carbocycles. The van der Waals surface area contributed by atoms with Gasteiger partial charge in [0.25, 0.3) is 5.56 Å². The van der Waals surface area contributed by atoms with E-state index in [4.69, 9.17) is 0 Å². The van der Waals surface area contributed by atoms with Gasteiger partial charge in [-0.3, -0.25) is 9.36 Å². The molecule has 0 fully saturated rings. The molecule has 0 saturated heterocycles. The molecular formula is C21H11BrF3N5O. The molecule has 1 aromatic carbocycles. The monoisotopic (exact) mass is 485 g/mol. The summed E-state index contributed by atoms with van der Waals surface area (Å²) in [6.45, 7) is 0. The molecule has 0 saturated carbocycles. The lowest BCUT2D eigenvalue weighted by Gasteiger charge is -2.17. The predicted molar refractivity (Wildman–Crippen MR) is 112 cm³/mol. The summed E-state index contributed by atoms with van der Waals surface area (Å²) >= 11 is 3.23. The molecule has 4 rings (SSSR count). The van der Waals surface area contributed by atoms with E-state index in [1.807, 2.05) is 6.07 Å². The van der Waals surface area contributed by atoms with Gasteiger partial charge in [0.15, 0.2) is 0 Å². The van der Waals surface area contributed by atoms with E-state index in [2.05, 4.69) is 31.2 Å². The SMILES string of the molecule is N#Cc1c(Nc2ccnc(Br)c2)c2ccc(C(F)(F)F)nc2n(-c2ccccc2)c1=O. The molecule has 154 valence electrons. The Morgan fingerprint density at radius 2 is 1.84 bits per heavy atom. The maximum atomic E-state index is 13.4. The lowest BCUT2D eigenvalue weighted by molar-refractivity contribution is -0.141. The molecule has 0 amide bonds. The van der Waals surface area contributed by atoms with Gasteiger partial charge in [-0.2, -0.15) is 18.4 Å². The number of halogens is 4. The second-order valence-electron chi connectivity index (χ2n) is 6.40. The number of alkyl halides is 3. The van der Waals surface area contributed by atoms with Gasteiger partial charge >= 0.3 is 6.18 Å². The Labute approximate surface area is 181 Å². The van der Waals surface area contributed by atoms with E-state index in [0.29, 0.717) is 16.0 Å². The molecule has 0 unspecified atom stereocenters. The Morgan fingerprint density at radius 1 is 1.10 bits per heavy atom. The number of pyridine rings is 3. The maximum absolute atomic E-state index is 13.4. The highest BCUT2D eigenvalue weighted by Crippen LogP contribution is 2.33. The third kappa shape index (κ3) is 3.87. The number of nitrogens with zero attached hydrogens (tertiary/aromatic N) is 4. The van der Waals surface area contributed by atoms with Crippen LogP contribution in [0.1, 0.15) is 11.3 Å². The lowest BCUT2D eigenvalue weighted by Crippen LogP contribution is -2.24. The fraction of sp³-hybridized carbons (Fsp3) is 0.0476. The molecule has 0 bridgehead atoms. The number of aromatic nitrogens is 3. The average molecular weight is 486 g/mol. The van der Waals surface area contributed by atoms with Crippen LogP contribution in [0.4, 0.5) is 24.5 Å². The summed E-state index contributed by atoms with van der Waals surface area (Å²) in [6, 6.07) is 15.2. The number of para-hydroxylation sites is 1. The number of fused-ring (bicyclic) bond motifs is 1. The second-order valence-corrected chi connectivity index (χ2v) is 7.21. The molecular weight excluding hydrogens is 475 g/mol. The molecule has 31 heavy (non-hydrogen) atoms.